The van der Waals surface area contributed by atoms with Gasteiger partial charge in [-0.1, -0.05) is 18.2 Å². The first-order chi connectivity index (χ1) is 8.66. The average Bonchev–Trinajstić information content (AvgIpc) is 2.75. The zero-order chi connectivity index (χ0) is 13.0. The second-order valence-electron chi connectivity index (χ2n) is 3.98. The Hall–Kier alpha value is -2.21. The third-order valence-corrected chi connectivity index (χ3v) is 2.57. The van der Waals surface area contributed by atoms with E-state index < -0.39 is 0 Å². The predicted octanol–water partition coefficient (Wildman–Crippen LogP) is 1.92. The predicted molar refractivity (Wildman–Crippen MR) is 67.0 cm³/mol. The summed E-state index contributed by atoms with van der Waals surface area (Å²) in [7, 11) is 0. The number of H-pyrrole nitrogens is 1. The third-order valence-electron chi connectivity index (χ3n) is 2.57. The van der Waals surface area contributed by atoms with Crippen molar-refractivity contribution in [3.63, 3.8) is 0 Å². The fraction of sp³-hybridized carbons (Fsp3) is 0.250. The smallest absolute Gasteiger partial charge is 0.273 e. The van der Waals surface area contributed by atoms with Gasteiger partial charge in [-0.25, -0.2) is 4.98 Å². The minimum Gasteiger partial charge on any atom is -0.345 e. The van der Waals surface area contributed by atoms with Crippen molar-refractivity contribution in [1.82, 2.24) is 15.3 Å². The maximum absolute atomic E-state index is 10.8. The number of nitrogens with zero attached hydrogens (tertiary/aromatic N) is 2. The Bertz CT molecular complexity index is 551. The number of para-hydroxylation sites is 1. The molecule has 0 aliphatic rings. The molecule has 6 heteroatoms. The maximum atomic E-state index is 10.8. The molecule has 0 atom stereocenters. The summed E-state index contributed by atoms with van der Waals surface area (Å²) >= 11 is 0. The molecule has 0 amide bonds. The van der Waals surface area contributed by atoms with Gasteiger partial charge in [0.25, 0.3) is 5.69 Å². The molecule has 2 aromatic rings. The van der Waals surface area contributed by atoms with Crippen molar-refractivity contribution in [3.8, 4) is 0 Å². The fourth-order valence-corrected chi connectivity index (χ4v) is 1.73. The first-order valence-corrected chi connectivity index (χ1v) is 5.60. The average molecular weight is 246 g/mol. The van der Waals surface area contributed by atoms with Crippen molar-refractivity contribution in [2.75, 3.05) is 0 Å². The standard InChI is InChI=1S/C12H14N4O2/c1-9-14-8-11(15-9)7-13-6-10-4-2-3-5-12(10)16(17)18/h2-5,8,13H,6-7H2,1H3,(H,14,15). The number of imidazole rings is 1. The largest absolute Gasteiger partial charge is 0.345 e. The highest BCUT2D eigenvalue weighted by Gasteiger charge is 2.11. The van der Waals surface area contributed by atoms with Crippen molar-refractivity contribution in [2.45, 2.75) is 20.0 Å². The summed E-state index contributed by atoms with van der Waals surface area (Å²) in [6.45, 7) is 2.94. The Balaban J connectivity index is 1.96. The van der Waals surface area contributed by atoms with Crippen LogP contribution in [0.1, 0.15) is 17.1 Å². The molecule has 0 fully saturated rings. The number of benzene rings is 1. The van der Waals surface area contributed by atoms with E-state index in [-0.39, 0.29) is 10.6 Å². The molecule has 6 nitrogen and oxygen atoms in total. The molecule has 0 aliphatic heterocycles. The van der Waals surface area contributed by atoms with Gasteiger partial charge in [0, 0.05) is 36.6 Å². The number of aromatic amines is 1. The fourth-order valence-electron chi connectivity index (χ4n) is 1.73. The van der Waals surface area contributed by atoms with Crippen LogP contribution in [0.5, 0.6) is 0 Å². The van der Waals surface area contributed by atoms with E-state index in [0.29, 0.717) is 18.7 Å². The summed E-state index contributed by atoms with van der Waals surface area (Å²) in [4.78, 5) is 17.6. The van der Waals surface area contributed by atoms with Crippen molar-refractivity contribution >= 4 is 5.69 Å². The van der Waals surface area contributed by atoms with Crippen LogP contribution in [0.4, 0.5) is 5.69 Å². The van der Waals surface area contributed by atoms with Crippen LogP contribution in [0.25, 0.3) is 0 Å². The van der Waals surface area contributed by atoms with Crippen LogP contribution in [0.15, 0.2) is 30.5 Å². The van der Waals surface area contributed by atoms with E-state index in [9.17, 15) is 10.1 Å². The van der Waals surface area contributed by atoms with Crippen LogP contribution >= 0.6 is 0 Å². The van der Waals surface area contributed by atoms with Gasteiger partial charge in [-0.05, 0) is 6.92 Å². The number of nitro benzene ring substituents is 1. The van der Waals surface area contributed by atoms with Crippen LogP contribution in [-0.4, -0.2) is 14.9 Å². The van der Waals surface area contributed by atoms with E-state index >= 15 is 0 Å². The molecule has 1 aromatic heterocycles. The first kappa shape index (κ1) is 12.3. The highest BCUT2D eigenvalue weighted by Crippen LogP contribution is 2.17. The van der Waals surface area contributed by atoms with E-state index in [1.807, 2.05) is 6.92 Å². The maximum Gasteiger partial charge on any atom is 0.273 e. The van der Waals surface area contributed by atoms with Crippen molar-refractivity contribution < 1.29 is 4.92 Å². The number of rotatable bonds is 5. The number of hydrogen-bond acceptors (Lipinski definition) is 4. The second-order valence-corrected chi connectivity index (χ2v) is 3.98. The van der Waals surface area contributed by atoms with Crippen LogP contribution in [0.3, 0.4) is 0 Å². The van der Waals surface area contributed by atoms with Crippen LogP contribution in [0.2, 0.25) is 0 Å². The Morgan fingerprint density at radius 2 is 2.17 bits per heavy atom. The van der Waals surface area contributed by atoms with Gasteiger partial charge in [-0.2, -0.15) is 0 Å². The number of nitrogens with one attached hydrogen (secondary N) is 2. The molecule has 0 spiro atoms. The van der Waals surface area contributed by atoms with E-state index in [2.05, 4.69) is 15.3 Å². The van der Waals surface area contributed by atoms with Crippen LogP contribution in [0, 0.1) is 17.0 Å². The van der Waals surface area contributed by atoms with E-state index in [1.165, 1.54) is 6.07 Å². The SMILES string of the molecule is Cc1ncc(CNCc2ccccc2[N+](=O)[O-])[nH]1. The van der Waals surface area contributed by atoms with Gasteiger partial charge in [-0.3, -0.25) is 10.1 Å². The number of aromatic nitrogens is 2. The first-order valence-electron chi connectivity index (χ1n) is 5.60. The molecule has 0 saturated carbocycles. The quantitative estimate of drug-likeness (QED) is 0.623. The molecule has 94 valence electrons. The number of nitro groups is 1. The molecule has 0 unspecified atom stereocenters. The molecule has 2 N–H and O–H groups in total. The van der Waals surface area contributed by atoms with Gasteiger partial charge in [0.2, 0.25) is 0 Å². The molecular formula is C12H14N4O2. The monoisotopic (exact) mass is 246 g/mol. The molecule has 18 heavy (non-hydrogen) atoms. The second kappa shape index (κ2) is 5.42. The minimum atomic E-state index is -0.364. The van der Waals surface area contributed by atoms with Crippen molar-refractivity contribution in [3.05, 3.63) is 57.7 Å². The Morgan fingerprint density at radius 1 is 1.39 bits per heavy atom. The lowest BCUT2D eigenvalue weighted by Gasteiger charge is -2.04. The minimum absolute atomic E-state index is 0.144. The summed E-state index contributed by atoms with van der Waals surface area (Å²) in [6, 6.07) is 6.73. The van der Waals surface area contributed by atoms with E-state index in [0.717, 1.165) is 11.5 Å². The van der Waals surface area contributed by atoms with Crippen molar-refractivity contribution in [1.29, 1.82) is 0 Å². The Labute approximate surface area is 104 Å². The molecular weight excluding hydrogens is 232 g/mol. The summed E-state index contributed by atoms with van der Waals surface area (Å²) in [6.07, 6.45) is 1.75. The van der Waals surface area contributed by atoms with Crippen LogP contribution in [-0.2, 0) is 13.1 Å². The van der Waals surface area contributed by atoms with Gasteiger partial charge in [0.05, 0.1) is 4.92 Å². The lowest BCUT2D eigenvalue weighted by molar-refractivity contribution is -0.385. The highest BCUT2D eigenvalue weighted by atomic mass is 16.6. The Morgan fingerprint density at radius 3 is 2.83 bits per heavy atom. The lowest BCUT2D eigenvalue weighted by atomic mass is 10.2. The van der Waals surface area contributed by atoms with Gasteiger partial charge in [-0.15, -0.1) is 0 Å². The van der Waals surface area contributed by atoms with Crippen LogP contribution < -0.4 is 5.32 Å². The topological polar surface area (TPSA) is 83.8 Å². The molecule has 0 radical (unpaired) electrons. The van der Waals surface area contributed by atoms with Gasteiger partial charge in [0.1, 0.15) is 5.82 Å². The van der Waals surface area contributed by atoms with Gasteiger partial charge < -0.3 is 10.3 Å². The zero-order valence-corrected chi connectivity index (χ0v) is 10.0. The normalized spacial score (nSPS) is 10.5. The molecule has 1 heterocycles. The summed E-state index contributed by atoms with van der Waals surface area (Å²) in [5.74, 6) is 0.859. The number of hydrogen-bond donors (Lipinski definition) is 2. The van der Waals surface area contributed by atoms with E-state index in [1.54, 1.807) is 24.4 Å². The molecule has 0 saturated heterocycles. The van der Waals surface area contributed by atoms with E-state index in [4.69, 9.17) is 0 Å². The summed E-state index contributed by atoms with van der Waals surface area (Å²) in [5, 5.41) is 14.0. The Kier molecular flexibility index (Phi) is 3.69. The molecule has 1 aromatic carbocycles. The molecule has 2 rings (SSSR count). The van der Waals surface area contributed by atoms with Gasteiger partial charge >= 0.3 is 0 Å². The third kappa shape index (κ3) is 2.92. The number of aryl methyl sites for hydroxylation is 1. The molecule has 0 aliphatic carbocycles. The lowest BCUT2D eigenvalue weighted by Crippen LogP contribution is -2.14. The molecule has 0 bridgehead atoms. The summed E-state index contributed by atoms with van der Waals surface area (Å²) < 4.78 is 0. The summed E-state index contributed by atoms with van der Waals surface area (Å²) in [5.41, 5.74) is 1.79. The zero-order valence-electron chi connectivity index (χ0n) is 10.0. The highest BCUT2D eigenvalue weighted by molar-refractivity contribution is 5.39. The van der Waals surface area contributed by atoms with Crippen molar-refractivity contribution in [2.24, 2.45) is 0 Å². The van der Waals surface area contributed by atoms with Gasteiger partial charge in [0.15, 0.2) is 0 Å².